The monoisotopic (exact) mass is 568 g/mol. The highest BCUT2D eigenvalue weighted by atomic mass is 35.5. The van der Waals surface area contributed by atoms with Gasteiger partial charge in [0.15, 0.2) is 0 Å². The summed E-state index contributed by atoms with van der Waals surface area (Å²) in [5, 5.41) is 13.3. The van der Waals surface area contributed by atoms with Gasteiger partial charge >= 0.3 is 0 Å². The number of hydrogen-bond donors (Lipinski definition) is 1. The molecule has 1 fully saturated rings. The molecule has 2 aromatic carbocycles. The predicted molar refractivity (Wildman–Crippen MR) is 149 cm³/mol. The number of imidazole rings is 1. The van der Waals surface area contributed by atoms with Crippen molar-refractivity contribution in [2.24, 2.45) is 13.0 Å². The van der Waals surface area contributed by atoms with E-state index in [0.29, 0.717) is 59.2 Å². The van der Waals surface area contributed by atoms with Gasteiger partial charge in [-0.15, -0.1) is 0 Å². The number of hydrogen-bond acceptors (Lipinski definition) is 5. The van der Waals surface area contributed by atoms with Gasteiger partial charge in [0, 0.05) is 50.9 Å². The Labute approximate surface area is 236 Å². The Morgan fingerprint density at radius 3 is 2.48 bits per heavy atom. The summed E-state index contributed by atoms with van der Waals surface area (Å²) in [6, 6.07) is 11.4. The molecular formula is C30H31ClF2N4O3. The van der Waals surface area contributed by atoms with Gasteiger partial charge in [-0.25, -0.2) is 18.7 Å². The Morgan fingerprint density at radius 1 is 1.15 bits per heavy atom. The predicted octanol–water partition coefficient (Wildman–Crippen LogP) is 5.90. The minimum absolute atomic E-state index is 0.0115. The number of halogens is 3. The van der Waals surface area contributed by atoms with E-state index in [0.717, 1.165) is 6.92 Å². The molecule has 0 radical (unpaired) electrons. The van der Waals surface area contributed by atoms with Gasteiger partial charge in [-0.2, -0.15) is 0 Å². The van der Waals surface area contributed by atoms with Crippen LogP contribution in [0.5, 0.6) is 5.88 Å². The minimum Gasteiger partial charge on any atom is -0.480 e. The molecule has 1 unspecified atom stereocenters. The van der Waals surface area contributed by atoms with E-state index in [1.165, 1.54) is 19.2 Å². The van der Waals surface area contributed by atoms with E-state index in [1.807, 2.05) is 13.1 Å². The fourth-order valence-electron chi connectivity index (χ4n) is 5.72. The van der Waals surface area contributed by atoms with E-state index in [4.69, 9.17) is 16.3 Å². The van der Waals surface area contributed by atoms with Crippen LogP contribution in [0.3, 0.4) is 0 Å². The summed E-state index contributed by atoms with van der Waals surface area (Å²) in [5.41, 5.74) is 0.987. The van der Waals surface area contributed by atoms with Gasteiger partial charge in [-0.1, -0.05) is 35.9 Å². The first kappa shape index (κ1) is 28.0. The van der Waals surface area contributed by atoms with Gasteiger partial charge in [-0.3, -0.25) is 4.79 Å². The first-order valence-corrected chi connectivity index (χ1v) is 13.4. The Kier molecular flexibility index (Phi) is 7.31. The van der Waals surface area contributed by atoms with Crippen LogP contribution < -0.4 is 4.74 Å². The lowest BCUT2D eigenvalue weighted by atomic mass is 9.73. The maximum atomic E-state index is 14.1. The number of benzene rings is 2. The molecule has 0 spiro atoms. The van der Waals surface area contributed by atoms with Gasteiger partial charge in [-0.05, 0) is 42.2 Å². The summed E-state index contributed by atoms with van der Waals surface area (Å²) in [6.45, 7) is 3.47. The number of pyridine rings is 1. The highest BCUT2D eigenvalue weighted by Gasteiger charge is 2.44. The zero-order valence-electron chi connectivity index (χ0n) is 22.8. The SMILES string of the molecule is COc1nc2ccc(C(O)(c3cncn3C)C3CCN(C(C)=O)CC3)cc2c(Cl)c1-c1cccc(C(C)(F)F)c1. The van der Waals surface area contributed by atoms with Gasteiger partial charge < -0.3 is 19.3 Å². The Hall–Kier alpha value is -3.56. The average molecular weight is 569 g/mol. The molecule has 1 saturated heterocycles. The van der Waals surface area contributed by atoms with Crippen LogP contribution in [-0.2, 0) is 23.4 Å². The van der Waals surface area contributed by atoms with Crippen LogP contribution in [0, 0.1) is 5.92 Å². The van der Waals surface area contributed by atoms with Crippen molar-refractivity contribution in [1.29, 1.82) is 0 Å². The molecule has 0 bridgehead atoms. The molecule has 210 valence electrons. The molecule has 0 aliphatic carbocycles. The standard InChI is InChI=1S/C30H31ClF2N4O3/c1-18(38)37-12-10-20(11-13-37)30(39,25-16-34-17-36(25)3)22-8-9-24-23(15-22)27(31)26(28(35-24)40-4)19-6-5-7-21(14-19)29(2,32)33/h5-9,14-17,20,39H,10-13H2,1-4H3. The Bertz CT molecular complexity index is 1580. The van der Waals surface area contributed by atoms with Crippen LogP contribution in [0.2, 0.25) is 5.02 Å². The van der Waals surface area contributed by atoms with Crippen molar-refractivity contribution >= 4 is 28.4 Å². The first-order chi connectivity index (χ1) is 18.9. The summed E-state index contributed by atoms with van der Waals surface area (Å²) in [4.78, 5) is 22.6. The molecule has 1 aliphatic rings. The third-order valence-electron chi connectivity index (χ3n) is 7.92. The number of aryl methyl sites for hydroxylation is 1. The molecule has 4 aromatic rings. The quantitative estimate of drug-likeness (QED) is 0.313. The molecule has 0 saturated carbocycles. The lowest BCUT2D eigenvalue weighted by Gasteiger charge is -2.42. The number of methoxy groups -OCH3 is 1. The van der Waals surface area contributed by atoms with Crippen molar-refractivity contribution < 1.29 is 23.4 Å². The van der Waals surface area contributed by atoms with Crippen molar-refractivity contribution in [3.8, 4) is 17.0 Å². The van der Waals surface area contributed by atoms with Gasteiger partial charge in [0.05, 0.1) is 41.4 Å². The van der Waals surface area contributed by atoms with Crippen LogP contribution in [0.25, 0.3) is 22.0 Å². The maximum absolute atomic E-state index is 14.1. The average Bonchev–Trinajstić information content (AvgIpc) is 3.38. The van der Waals surface area contributed by atoms with Gasteiger partial charge in [0.25, 0.3) is 5.92 Å². The highest BCUT2D eigenvalue weighted by molar-refractivity contribution is 6.38. The molecule has 1 atom stereocenters. The lowest BCUT2D eigenvalue weighted by molar-refractivity contribution is -0.131. The third-order valence-corrected chi connectivity index (χ3v) is 8.31. The topological polar surface area (TPSA) is 80.5 Å². The van der Waals surface area contributed by atoms with Crippen LogP contribution in [0.1, 0.15) is 43.5 Å². The lowest BCUT2D eigenvalue weighted by Crippen LogP contribution is -2.46. The van der Waals surface area contributed by atoms with Crippen LogP contribution in [0.4, 0.5) is 8.78 Å². The highest BCUT2D eigenvalue weighted by Crippen LogP contribution is 2.46. The summed E-state index contributed by atoms with van der Waals surface area (Å²) < 4.78 is 35.6. The molecule has 1 amide bonds. The zero-order chi connectivity index (χ0) is 28.8. The van der Waals surface area contributed by atoms with E-state index in [-0.39, 0.29) is 28.3 Å². The van der Waals surface area contributed by atoms with Crippen LogP contribution in [-0.4, -0.2) is 50.6 Å². The van der Waals surface area contributed by atoms with E-state index in [2.05, 4.69) is 9.97 Å². The smallest absolute Gasteiger partial charge is 0.270 e. The number of alkyl halides is 2. The summed E-state index contributed by atoms with van der Waals surface area (Å²) in [7, 11) is 3.28. The zero-order valence-corrected chi connectivity index (χ0v) is 23.5. The third kappa shape index (κ3) is 4.81. The minimum atomic E-state index is -3.04. The van der Waals surface area contributed by atoms with Gasteiger partial charge in [0.1, 0.15) is 5.60 Å². The second-order valence-electron chi connectivity index (χ2n) is 10.4. The first-order valence-electron chi connectivity index (χ1n) is 13.1. The van der Waals surface area contributed by atoms with Crippen molar-refractivity contribution in [3.63, 3.8) is 0 Å². The van der Waals surface area contributed by atoms with Gasteiger partial charge in [0.2, 0.25) is 11.8 Å². The second-order valence-corrected chi connectivity index (χ2v) is 10.8. The molecule has 5 rings (SSSR count). The molecule has 3 heterocycles. The fraction of sp³-hybridized carbons (Fsp3) is 0.367. The summed E-state index contributed by atoms with van der Waals surface area (Å²) in [5.74, 6) is -3.02. The van der Waals surface area contributed by atoms with E-state index < -0.39 is 11.5 Å². The fourth-order valence-corrected chi connectivity index (χ4v) is 6.06. The number of aromatic nitrogens is 3. The van der Waals surface area contributed by atoms with E-state index in [1.54, 1.807) is 53.2 Å². The largest absolute Gasteiger partial charge is 0.480 e. The number of likely N-dealkylation sites (tertiary alicyclic amines) is 1. The van der Waals surface area contributed by atoms with Crippen molar-refractivity contribution in [2.75, 3.05) is 20.2 Å². The van der Waals surface area contributed by atoms with Crippen molar-refractivity contribution in [1.82, 2.24) is 19.4 Å². The Morgan fingerprint density at radius 2 is 1.88 bits per heavy atom. The van der Waals surface area contributed by atoms with Crippen molar-refractivity contribution in [2.45, 2.75) is 38.2 Å². The number of amides is 1. The number of aliphatic hydroxyl groups is 1. The number of carbonyl (C=O) groups excluding carboxylic acids is 1. The summed E-state index contributed by atoms with van der Waals surface area (Å²) >= 11 is 6.99. The summed E-state index contributed by atoms with van der Waals surface area (Å²) in [6.07, 6.45) is 4.48. The molecule has 1 N–H and O–H groups in total. The number of ether oxygens (including phenoxy) is 1. The number of piperidine rings is 1. The van der Waals surface area contributed by atoms with E-state index in [9.17, 15) is 18.7 Å². The normalized spacial score (nSPS) is 16.2. The number of fused-ring (bicyclic) bond motifs is 1. The Balaban J connectivity index is 1.68. The van der Waals surface area contributed by atoms with Crippen LogP contribution >= 0.6 is 11.6 Å². The molecule has 40 heavy (non-hydrogen) atoms. The number of carbonyl (C=O) groups is 1. The molecule has 10 heteroatoms. The number of rotatable bonds is 6. The molecular weight excluding hydrogens is 538 g/mol. The van der Waals surface area contributed by atoms with Crippen molar-refractivity contribution in [3.05, 3.63) is 76.8 Å². The molecule has 2 aromatic heterocycles. The van der Waals surface area contributed by atoms with E-state index >= 15 is 0 Å². The molecule has 7 nitrogen and oxygen atoms in total. The maximum Gasteiger partial charge on any atom is 0.270 e. The number of nitrogens with zero attached hydrogens (tertiary/aromatic N) is 4. The van der Waals surface area contributed by atoms with Crippen LogP contribution in [0.15, 0.2) is 55.0 Å². The molecule has 1 aliphatic heterocycles. The second kappa shape index (κ2) is 10.4.